The van der Waals surface area contributed by atoms with E-state index in [0.717, 1.165) is 6.42 Å². The standard InChI is InChI=1S/C14H16N2O3/c1-3-6-19-9-4-5-12-10(7-9)13(15)11(8-16-12)14(17)18-2/h4-5,7-8H,3,6H2,1-2H3,(H2,15,16). The average molecular weight is 260 g/mol. The summed E-state index contributed by atoms with van der Waals surface area (Å²) in [5.41, 5.74) is 7.34. The van der Waals surface area contributed by atoms with Crippen molar-refractivity contribution >= 4 is 22.6 Å². The molecule has 0 aliphatic rings. The Balaban J connectivity index is 2.49. The number of fused-ring (bicyclic) bond motifs is 1. The van der Waals surface area contributed by atoms with Crippen LogP contribution in [0.3, 0.4) is 0 Å². The van der Waals surface area contributed by atoms with Crippen LogP contribution in [0.15, 0.2) is 24.4 Å². The summed E-state index contributed by atoms with van der Waals surface area (Å²) in [7, 11) is 1.31. The molecule has 5 heteroatoms. The fourth-order valence-electron chi connectivity index (χ4n) is 1.77. The molecule has 0 aliphatic heterocycles. The summed E-state index contributed by atoms with van der Waals surface area (Å²) in [5, 5.41) is 0.691. The van der Waals surface area contributed by atoms with E-state index in [4.69, 9.17) is 10.5 Å². The quantitative estimate of drug-likeness (QED) is 0.854. The molecule has 1 heterocycles. The van der Waals surface area contributed by atoms with Crippen LogP contribution in [0.4, 0.5) is 5.69 Å². The average Bonchev–Trinajstić information content (AvgIpc) is 2.45. The van der Waals surface area contributed by atoms with E-state index in [1.165, 1.54) is 13.3 Å². The van der Waals surface area contributed by atoms with Gasteiger partial charge in [-0.3, -0.25) is 4.98 Å². The molecule has 0 atom stereocenters. The zero-order valence-corrected chi connectivity index (χ0v) is 11.0. The zero-order chi connectivity index (χ0) is 13.8. The minimum Gasteiger partial charge on any atom is -0.494 e. The third kappa shape index (κ3) is 2.59. The number of carbonyl (C=O) groups is 1. The minimum absolute atomic E-state index is 0.266. The molecule has 5 nitrogen and oxygen atoms in total. The van der Waals surface area contributed by atoms with Crippen molar-refractivity contribution in [1.82, 2.24) is 4.98 Å². The van der Waals surface area contributed by atoms with Crippen LogP contribution in [-0.2, 0) is 4.74 Å². The first-order valence-corrected chi connectivity index (χ1v) is 6.06. The monoisotopic (exact) mass is 260 g/mol. The van der Waals surface area contributed by atoms with Gasteiger partial charge in [0.25, 0.3) is 0 Å². The van der Waals surface area contributed by atoms with Crippen LogP contribution < -0.4 is 10.5 Å². The Morgan fingerprint density at radius 1 is 1.42 bits per heavy atom. The molecule has 0 fully saturated rings. The third-order valence-corrected chi connectivity index (χ3v) is 2.76. The van der Waals surface area contributed by atoms with Crippen LogP contribution in [0.5, 0.6) is 5.75 Å². The predicted molar refractivity (Wildman–Crippen MR) is 73.3 cm³/mol. The zero-order valence-electron chi connectivity index (χ0n) is 11.0. The Morgan fingerprint density at radius 2 is 2.21 bits per heavy atom. The summed E-state index contributed by atoms with van der Waals surface area (Å²) in [5.74, 6) is 0.219. The number of hydrogen-bond donors (Lipinski definition) is 1. The molecule has 100 valence electrons. The number of methoxy groups -OCH3 is 1. The van der Waals surface area contributed by atoms with Gasteiger partial charge in [-0.2, -0.15) is 0 Å². The molecule has 2 rings (SSSR count). The lowest BCUT2D eigenvalue weighted by Crippen LogP contribution is -2.07. The van der Waals surface area contributed by atoms with Crippen molar-refractivity contribution in [3.8, 4) is 5.75 Å². The highest BCUT2D eigenvalue weighted by molar-refractivity contribution is 6.04. The van der Waals surface area contributed by atoms with Gasteiger partial charge in [-0.1, -0.05) is 6.92 Å². The minimum atomic E-state index is -0.494. The molecule has 19 heavy (non-hydrogen) atoms. The van der Waals surface area contributed by atoms with Gasteiger partial charge in [0, 0.05) is 11.6 Å². The van der Waals surface area contributed by atoms with E-state index in [1.54, 1.807) is 6.07 Å². The van der Waals surface area contributed by atoms with Crippen molar-refractivity contribution in [2.24, 2.45) is 0 Å². The van der Waals surface area contributed by atoms with Crippen LogP contribution in [-0.4, -0.2) is 24.7 Å². The lowest BCUT2D eigenvalue weighted by atomic mass is 10.1. The number of pyridine rings is 1. The predicted octanol–water partition coefficient (Wildman–Crippen LogP) is 2.39. The molecule has 2 aromatic rings. The lowest BCUT2D eigenvalue weighted by Gasteiger charge is -2.09. The number of anilines is 1. The first kappa shape index (κ1) is 13.1. The number of aromatic nitrogens is 1. The van der Waals surface area contributed by atoms with Gasteiger partial charge in [-0.05, 0) is 24.6 Å². The maximum absolute atomic E-state index is 11.6. The van der Waals surface area contributed by atoms with Crippen molar-refractivity contribution in [3.05, 3.63) is 30.0 Å². The summed E-state index contributed by atoms with van der Waals surface area (Å²) in [6, 6.07) is 5.44. The van der Waals surface area contributed by atoms with Crippen LogP contribution in [0.25, 0.3) is 10.9 Å². The van der Waals surface area contributed by atoms with E-state index in [0.29, 0.717) is 28.9 Å². The van der Waals surface area contributed by atoms with E-state index in [-0.39, 0.29) is 5.56 Å². The Hall–Kier alpha value is -2.30. The molecule has 0 saturated carbocycles. The molecule has 0 amide bonds. The third-order valence-electron chi connectivity index (χ3n) is 2.76. The lowest BCUT2D eigenvalue weighted by molar-refractivity contribution is 0.0601. The van der Waals surface area contributed by atoms with Crippen LogP contribution in [0.2, 0.25) is 0 Å². The summed E-state index contributed by atoms with van der Waals surface area (Å²) in [4.78, 5) is 15.8. The molecule has 0 unspecified atom stereocenters. The van der Waals surface area contributed by atoms with E-state index in [2.05, 4.69) is 9.72 Å². The molecule has 0 bridgehead atoms. The second-order valence-corrected chi connectivity index (χ2v) is 4.10. The van der Waals surface area contributed by atoms with Gasteiger partial charge in [0.05, 0.1) is 24.9 Å². The number of benzene rings is 1. The van der Waals surface area contributed by atoms with Crippen molar-refractivity contribution < 1.29 is 14.3 Å². The smallest absolute Gasteiger partial charge is 0.341 e. The Kier molecular flexibility index (Phi) is 3.85. The normalized spacial score (nSPS) is 10.4. The van der Waals surface area contributed by atoms with Gasteiger partial charge in [-0.25, -0.2) is 4.79 Å². The summed E-state index contributed by atoms with van der Waals surface area (Å²) >= 11 is 0. The summed E-state index contributed by atoms with van der Waals surface area (Å²) in [6.07, 6.45) is 2.35. The molecule has 0 radical (unpaired) electrons. The van der Waals surface area contributed by atoms with Gasteiger partial charge >= 0.3 is 5.97 Å². The van der Waals surface area contributed by atoms with E-state index in [9.17, 15) is 4.79 Å². The number of nitrogen functional groups attached to an aromatic ring is 1. The number of ether oxygens (including phenoxy) is 2. The maximum atomic E-state index is 11.6. The summed E-state index contributed by atoms with van der Waals surface area (Å²) in [6.45, 7) is 2.67. The second-order valence-electron chi connectivity index (χ2n) is 4.10. The highest BCUT2D eigenvalue weighted by Crippen LogP contribution is 2.27. The van der Waals surface area contributed by atoms with Crippen LogP contribution in [0.1, 0.15) is 23.7 Å². The molecule has 1 aromatic carbocycles. The van der Waals surface area contributed by atoms with Crippen molar-refractivity contribution in [2.45, 2.75) is 13.3 Å². The molecule has 1 aromatic heterocycles. The van der Waals surface area contributed by atoms with Crippen LogP contribution in [0, 0.1) is 0 Å². The fraction of sp³-hybridized carbons (Fsp3) is 0.286. The highest BCUT2D eigenvalue weighted by atomic mass is 16.5. The first-order chi connectivity index (χ1) is 9.17. The summed E-state index contributed by atoms with van der Waals surface area (Å²) < 4.78 is 10.2. The number of nitrogens with zero attached hydrogens (tertiary/aromatic N) is 1. The number of esters is 1. The van der Waals surface area contributed by atoms with Gasteiger partial charge < -0.3 is 15.2 Å². The number of carbonyl (C=O) groups excluding carboxylic acids is 1. The van der Waals surface area contributed by atoms with Crippen molar-refractivity contribution in [2.75, 3.05) is 19.5 Å². The topological polar surface area (TPSA) is 74.4 Å². The number of hydrogen-bond acceptors (Lipinski definition) is 5. The highest BCUT2D eigenvalue weighted by Gasteiger charge is 2.13. The molecule has 0 aliphatic carbocycles. The Bertz CT molecular complexity index is 611. The SMILES string of the molecule is CCCOc1ccc2ncc(C(=O)OC)c(N)c2c1. The second kappa shape index (κ2) is 5.56. The Labute approximate surface area is 111 Å². The van der Waals surface area contributed by atoms with E-state index in [1.807, 2.05) is 19.1 Å². The first-order valence-electron chi connectivity index (χ1n) is 6.06. The van der Waals surface area contributed by atoms with Gasteiger partial charge in [0.1, 0.15) is 11.3 Å². The largest absolute Gasteiger partial charge is 0.494 e. The van der Waals surface area contributed by atoms with Crippen molar-refractivity contribution in [1.29, 1.82) is 0 Å². The van der Waals surface area contributed by atoms with Crippen LogP contribution >= 0.6 is 0 Å². The molecule has 2 N–H and O–H groups in total. The van der Waals surface area contributed by atoms with E-state index < -0.39 is 5.97 Å². The van der Waals surface area contributed by atoms with E-state index >= 15 is 0 Å². The van der Waals surface area contributed by atoms with Gasteiger partial charge in [0.2, 0.25) is 0 Å². The number of rotatable bonds is 4. The molecule has 0 spiro atoms. The fourth-order valence-corrected chi connectivity index (χ4v) is 1.77. The number of nitrogens with two attached hydrogens (primary N) is 1. The van der Waals surface area contributed by atoms with Gasteiger partial charge in [0.15, 0.2) is 0 Å². The van der Waals surface area contributed by atoms with Gasteiger partial charge in [-0.15, -0.1) is 0 Å². The maximum Gasteiger partial charge on any atom is 0.341 e. The molecule has 0 saturated heterocycles. The van der Waals surface area contributed by atoms with Crippen molar-refractivity contribution in [3.63, 3.8) is 0 Å². The molecular formula is C14H16N2O3. The Morgan fingerprint density at radius 3 is 2.89 bits per heavy atom. The molecular weight excluding hydrogens is 244 g/mol.